The van der Waals surface area contributed by atoms with E-state index in [0.717, 1.165) is 22.0 Å². The van der Waals surface area contributed by atoms with Gasteiger partial charge in [-0.15, -0.1) is 0 Å². The fraction of sp³-hybridized carbons (Fsp3) is 0.290. The number of amides is 1. The number of halogens is 1. The number of benzene rings is 2. The molecule has 1 fully saturated rings. The lowest BCUT2D eigenvalue weighted by atomic mass is 9.96. The van der Waals surface area contributed by atoms with Gasteiger partial charge >= 0.3 is 5.97 Å². The van der Waals surface area contributed by atoms with E-state index in [0.29, 0.717) is 51.9 Å². The molecule has 0 bridgehead atoms. The Morgan fingerprint density at radius 1 is 1.14 bits per heavy atom. The molecule has 0 N–H and O–H groups in total. The van der Waals surface area contributed by atoms with Crippen LogP contribution in [-0.4, -0.2) is 58.8 Å². The number of fused-ring (bicyclic) bond motifs is 2. The smallest absolute Gasteiger partial charge is 0.338 e. The number of thiazole rings is 1. The monoisotopic (exact) mass is 604 g/mol. The Hall–Kier alpha value is -3.99. The van der Waals surface area contributed by atoms with E-state index in [4.69, 9.17) is 21.1 Å². The van der Waals surface area contributed by atoms with Crippen LogP contribution in [0.3, 0.4) is 0 Å². The standard InChI is InChI=1S/C31H29ClN4O5S/c1-3-41-30(39)27-19(2)33-31-36(28(27)20-8-10-22(32)11-9-20)29(38)25(42-31)16-21-17-35(24-7-5-4-6-23(21)24)18-26(37)34-12-14-40-15-13-34/h4-11,16-17,28H,3,12-15,18H2,1-2H3/b25-16+/t28-/m0/s1. The van der Waals surface area contributed by atoms with Crippen molar-refractivity contribution in [2.24, 2.45) is 4.99 Å². The fourth-order valence-corrected chi connectivity index (χ4v) is 6.64. The predicted octanol–water partition coefficient (Wildman–Crippen LogP) is 3.27. The number of hydrogen-bond donors (Lipinski definition) is 0. The average Bonchev–Trinajstić information content (AvgIpc) is 3.49. The summed E-state index contributed by atoms with van der Waals surface area (Å²) in [5.41, 5.74) is 2.99. The average molecular weight is 605 g/mol. The van der Waals surface area contributed by atoms with Gasteiger partial charge in [0.25, 0.3) is 5.56 Å². The number of carbonyl (C=O) groups is 2. The molecule has 2 aliphatic heterocycles. The summed E-state index contributed by atoms with van der Waals surface area (Å²) in [6, 6.07) is 14.2. The van der Waals surface area contributed by atoms with E-state index < -0.39 is 12.0 Å². The van der Waals surface area contributed by atoms with Gasteiger partial charge in [-0.3, -0.25) is 14.2 Å². The zero-order chi connectivity index (χ0) is 29.4. The molecule has 0 aliphatic carbocycles. The van der Waals surface area contributed by atoms with Crippen molar-refractivity contribution in [2.45, 2.75) is 26.4 Å². The highest BCUT2D eigenvalue weighted by molar-refractivity contribution is 7.07. The van der Waals surface area contributed by atoms with Crippen molar-refractivity contribution >= 4 is 51.8 Å². The van der Waals surface area contributed by atoms with Crippen LogP contribution in [0.15, 0.2) is 75.8 Å². The first kappa shape index (κ1) is 28.1. The van der Waals surface area contributed by atoms with Crippen LogP contribution in [0.2, 0.25) is 5.02 Å². The van der Waals surface area contributed by atoms with Gasteiger partial charge in [0.2, 0.25) is 5.91 Å². The Labute approximate surface area is 250 Å². The summed E-state index contributed by atoms with van der Waals surface area (Å²) >= 11 is 7.42. The van der Waals surface area contributed by atoms with E-state index >= 15 is 0 Å². The molecule has 11 heteroatoms. The van der Waals surface area contributed by atoms with Gasteiger partial charge in [0.1, 0.15) is 6.54 Å². The van der Waals surface area contributed by atoms with E-state index in [9.17, 15) is 14.4 Å². The molecule has 4 aromatic rings. The zero-order valence-corrected chi connectivity index (χ0v) is 24.8. The molecular weight excluding hydrogens is 576 g/mol. The van der Waals surface area contributed by atoms with Crippen molar-refractivity contribution in [1.29, 1.82) is 0 Å². The minimum atomic E-state index is -0.716. The number of aromatic nitrogens is 2. The molecule has 0 saturated carbocycles. The van der Waals surface area contributed by atoms with Gasteiger partial charge in [0, 0.05) is 40.8 Å². The number of nitrogens with zero attached hydrogens (tertiary/aromatic N) is 4. The third kappa shape index (κ3) is 5.21. The summed E-state index contributed by atoms with van der Waals surface area (Å²) < 4.78 is 14.7. The topological polar surface area (TPSA) is 95.1 Å². The number of carbonyl (C=O) groups excluding carboxylic acids is 2. The highest BCUT2D eigenvalue weighted by Crippen LogP contribution is 2.31. The molecule has 216 valence electrons. The van der Waals surface area contributed by atoms with Gasteiger partial charge in [-0.25, -0.2) is 9.79 Å². The number of allylic oxidation sites excluding steroid dienone is 1. The Morgan fingerprint density at radius 2 is 1.88 bits per heavy atom. The molecule has 1 amide bonds. The minimum Gasteiger partial charge on any atom is -0.463 e. The third-order valence-electron chi connectivity index (χ3n) is 7.48. The first-order chi connectivity index (χ1) is 20.4. The summed E-state index contributed by atoms with van der Waals surface area (Å²) in [7, 11) is 0. The lowest BCUT2D eigenvalue weighted by Gasteiger charge is -2.27. The maximum Gasteiger partial charge on any atom is 0.338 e. The quantitative estimate of drug-likeness (QED) is 0.315. The Bertz CT molecular complexity index is 1900. The molecule has 1 atom stereocenters. The zero-order valence-electron chi connectivity index (χ0n) is 23.2. The summed E-state index contributed by atoms with van der Waals surface area (Å²) in [4.78, 5) is 47.1. The molecule has 9 nitrogen and oxygen atoms in total. The number of para-hydroxylation sites is 1. The maximum atomic E-state index is 14.0. The van der Waals surface area contributed by atoms with Crippen molar-refractivity contribution in [1.82, 2.24) is 14.0 Å². The Balaban J connectivity index is 1.46. The van der Waals surface area contributed by atoms with E-state index in [-0.39, 0.29) is 24.6 Å². The molecule has 42 heavy (non-hydrogen) atoms. The van der Waals surface area contributed by atoms with Crippen LogP contribution in [-0.2, 0) is 25.6 Å². The van der Waals surface area contributed by atoms with E-state index in [1.54, 1.807) is 42.7 Å². The van der Waals surface area contributed by atoms with Crippen LogP contribution in [0.25, 0.3) is 17.0 Å². The van der Waals surface area contributed by atoms with E-state index in [1.165, 1.54) is 11.3 Å². The fourth-order valence-electron chi connectivity index (χ4n) is 5.47. The highest BCUT2D eigenvalue weighted by Gasteiger charge is 2.33. The lowest BCUT2D eigenvalue weighted by Crippen LogP contribution is -2.42. The highest BCUT2D eigenvalue weighted by atomic mass is 35.5. The molecular formula is C31H29ClN4O5S. The summed E-state index contributed by atoms with van der Waals surface area (Å²) in [6.07, 6.45) is 3.75. The minimum absolute atomic E-state index is 0.0231. The first-order valence-electron chi connectivity index (χ1n) is 13.7. The molecule has 2 aromatic heterocycles. The second-order valence-electron chi connectivity index (χ2n) is 10.1. The van der Waals surface area contributed by atoms with E-state index in [2.05, 4.69) is 4.99 Å². The third-order valence-corrected chi connectivity index (χ3v) is 8.71. The van der Waals surface area contributed by atoms with Crippen molar-refractivity contribution < 1.29 is 19.1 Å². The molecule has 1 saturated heterocycles. The van der Waals surface area contributed by atoms with Crippen molar-refractivity contribution in [3.05, 3.63) is 102 Å². The van der Waals surface area contributed by atoms with Gasteiger partial charge in [0.05, 0.1) is 41.7 Å². The van der Waals surface area contributed by atoms with Gasteiger partial charge in [-0.05, 0) is 43.7 Å². The summed E-state index contributed by atoms with van der Waals surface area (Å²) in [6.45, 7) is 6.12. The summed E-state index contributed by atoms with van der Waals surface area (Å²) in [5.74, 6) is -0.490. The number of rotatable bonds is 6. The molecule has 0 unspecified atom stereocenters. The molecule has 2 aromatic carbocycles. The van der Waals surface area contributed by atoms with Gasteiger partial charge in [0.15, 0.2) is 4.80 Å². The second-order valence-corrected chi connectivity index (χ2v) is 11.5. The second kappa shape index (κ2) is 11.7. The number of esters is 1. The van der Waals surface area contributed by atoms with Crippen LogP contribution in [0.4, 0.5) is 0 Å². The molecule has 4 heterocycles. The van der Waals surface area contributed by atoms with Crippen LogP contribution in [0, 0.1) is 0 Å². The molecule has 0 radical (unpaired) electrons. The largest absolute Gasteiger partial charge is 0.463 e. The number of morpholine rings is 1. The van der Waals surface area contributed by atoms with Crippen LogP contribution < -0.4 is 14.9 Å². The van der Waals surface area contributed by atoms with Gasteiger partial charge in [-0.2, -0.15) is 0 Å². The lowest BCUT2D eigenvalue weighted by molar-refractivity contribution is -0.139. The van der Waals surface area contributed by atoms with Gasteiger partial charge < -0.3 is 18.9 Å². The molecule has 0 spiro atoms. The maximum absolute atomic E-state index is 14.0. The van der Waals surface area contributed by atoms with Crippen LogP contribution in [0.1, 0.15) is 31.0 Å². The van der Waals surface area contributed by atoms with Crippen molar-refractivity contribution in [2.75, 3.05) is 32.9 Å². The number of ether oxygens (including phenoxy) is 2. The van der Waals surface area contributed by atoms with Crippen LogP contribution >= 0.6 is 22.9 Å². The first-order valence-corrected chi connectivity index (χ1v) is 14.9. The normalized spacial score (nSPS) is 17.4. The SMILES string of the molecule is CCOC(=O)C1=C(C)N=c2s/c(=C/c3cn(CC(=O)N4CCOCC4)c4ccccc34)c(=O)n2[C@H]1c1ccc(Cl)cc1. The van der Waals surface area contributed by atoms with Crippen molar-refractivity contribution in [3.63, 3.8) is 0 Å². The predicted molar refractivity (Wildman–Crippen MR) is 161 cm³/mol. The van der Waals surface area contributed by atoms with Gasteiger partial charge in [-0.1, -0.05) is 53.3 Å². The van der Waals surface area contributed by atoms with Crippen LogP contribution in [0.5, 0.6) is 0 Å². The molecule has 2 aliphatic rings. The Morgan fingerprint density at radius 3 is 2.62 bits per heavy atom. The van der Waals surface area contributed by atoms with E-state index in [1.807, 2.05) is 46.0 Å². The Kier molecular flexibility index (Phi) is 7.85. The number of hydrogen-bond acceptors (Lipinski definition) is 7. The summed E-state index contributed by atoms with van der Waals surface area (Å²) in [5, 5.41) is 1.48. The van der Waals surface area contributed by atoms with Crippen molar-refractivity contribution in [3.8, 4) is 0 Å². The molecule has 6 rings (SSSR count).